The van der Waals surface area contributed by atoms with Gasteiger partial charge in [-0.3, -0.25) is 0 Å². The van der Waals surface area contributed by atoms with E-state index in [0.29, 0.717) is 0 Å². The minimum atomic E-state index is -0.251. The number of aliphatic hydroxyl groups excluding tert-OH is 1. The Morgan fingerprint density at radius 1 is 1.15 bits per heavy atom. The molecule has 0 saturated heterocycles. The minimum Gasteiger partial charge on any atom is -0.394 e. The Labute approximate surface area is 79.4 Å². The highest BCUT2D eigenvalue weighted by molar-refractivity contribution is 5.38. The molecule has 0 heterocycles. The molecule has 1 unspecified atom stereocenters. The molecule has 0 aliphatic heterocycles. The zero-order valence-electron chi connectivity index (χ0n) is 8.46. The molecular formula is C11H17NO. The number of aliphatic hydroxyl groups is 1. The van der Waals surface area contributed by atoms with E-state index in [1.807, 2.05) is 6.92 Å². The molecule has 0 bridgehead atoms. The Morgan fingerprint density at radius 2 is 1.69 bits per heavy atom. The topological polar surface area (TPSA) is 46.2 Å². The SMILES string of the molecule is Cc1cc(C)c(C(N)CO)cc1C. The predicted molar refractivity (Wildman–Crippen MR) is 54.7 cm³/mol. The Balaban J connectivity index is 3.15. The first-order chi connectivity index (χ1) is 6.06. The Hall–Kier alpha value is -0.860. The van der Waals surface area contributed by atoms with Crippen LogP contribution < -0.4 is 5.73 Å². The quantitative estimate of drug-likeness (QED) is 0.724. The van der Waals surface area contributed by atoms with Gasteiger partial charge >= 0.3 is 0 Å². The number of nitrogens with two attached hydrogens (primary N) is 1. The number of aryl methyl sites for hydroxylation is 3. The van der Waals surface area contributed by atoms with Crippen molar-refractivity contribution in [3.05, 3.63) is 34.4 Å². The molecule has 1 aromatic rings. The molecule has 0 aliphatic rings. The largest absolute Gasteiger partial charge is 0.394 e. The van der Waals surface area contributed by atoms with E-state index in [-0.39, 0.29) is 12.6 Å². The van der Waals surface area contributed by atoms with E-state index in [2.05, 4.69) is 26.0 Å². The summed E-state index contributed by atoms with van der Waals surface area (Å²) in [5.41, 5.74) is 10.5. The fraction of sp³-hybridized carbons (Fsp3) is 0.455. The lowest BCUT2D eigenvalue weighted by molar-refractivity contribution is 0.267. The maximum Gasteiger partial charge on any atom is 0.0624 e. The average Bonchev–Trinajstić information content (AvgIpc) is 2.10. The van der Waals surface area contributed by atoms with Gasteiger partial charge in [0, 0.05) is 0 Å². The van der Waals surface area contributed by atoms with Crippen molar-refractivity contribution in [2.45, 2.75) is 26.8 Å². The van der Waals surface area contributed by atoms with Crippen LogP contribution in [-0.2, 0) is 0 Å². The van der Waals surface area contributed by atoms with Crippen molar-refractivity contribution in [3.63, 3.8) is 0 Å². The van der Waals surface area contributed by atoms with Gasteiger partial charge in [0.15, 0.2) is 0 Å². The molecule has 0 fully saturated rings. The lowest BCUT2D eigenvalue weighted by Crippen LogP contribution is -2.16. The molecule has 0 spiro atoms. The van der Waals surface area contributed by atoms with E-state index in [0.717, 1.165) is 11.1 Å². The second kappa shape index (κ2) is 3.90. The Bertz CT molecular complexity index is 307. The Morgan fingerprint density at radius 3 is 2.23 bits per heavy atom. The van der Waals surface area contributed by atoms with Crippen molar-refractivity contribution in [1.82, 2.24) is 0 Å². The van der Waals surface area contributed by atoms with Gasteiger partial charge in [0.05, 0.1) is 12.6 Å². The van der Waals surface area contributed by atoms with Crippen molar-refractivity contribution in [1.29, 1.82) is 0 Å². The van der Waals surface area contributed by atoms with Gasteiger partial charge < -0.3 is 10.8 Å². The summed E-state index contributed by atoms with van der Waals surface area (Å²) in [5, 5.41) is 8.95. The second-order valence-electron chi connectivity index (χ2n) is 3.58. The predicted octanol–water partition coefficient (Wildman–Crippen LogP) is 1.60. The summed E-state index contributed by atoms with van der Waals surface area (Å²) in [5.74, 6) is 0. The molecule has 2 nitrogen and oxygen atoms in total. The van der Waals surface area contributed by atoms with Crippen molar-refractivity contribution < 1.29 is 5.11 Å². The number of hydrogen-bond donors (Lipinski definition) is 2. The van der Waals surface area contributed by atoms with Gasteiger partial charge in [-0.1, -0.05) is 12.1 Å². The fourth-order valence-corrected chi connectivity index (χ4v) is 1.48. The summed E-state index contributed by atoms with van der Waals surface area (Å²) in [6.45, 7) is 6.17. The van der Waals surface area contributed by atoms with Gasteiger partial charge in [0.2, 0.25) is 0 Å². The van der Waals surface area contributed by atoms with Crippen LogP contribution in [0.3, 0.4) is 0 Å². The molecule has 1 aromatic carbocycles. The summed E-state index contributed by atoms with van der Waals surface area (Å²) in [7, 11) is 0. The molecule has 2 heteroatoms. The lowest BCUT2D eigenvalue weighted by atomic mass is 9.97. The molecule has 0 radical (unpaired) electrons. The highest BCUT2D eigenvalue weighted by atomic mass is 16.3. The maximum atomic E-state index is 8.95. The van der Waals surface area contributed by atoms with Crippen LogP contribution in [0.2, 0.25) is 0 Å². The fourth-order valence-electron chi connectivity index (χ4n) is 1.48. The monoisotopic (exact) mass is 179 g/mol. The zero-order chi connectivity index (χ0) is 10.0. The Kier molecular flexibility index (Phi) is 3.07. The highest BCUT2D eigenvalue weighted by Crippen LogP contribution is 2.19. The summed E-state index contributed by atoms with van der Waals surface area (Å²) in [4.78, 5) is 0. The third-order valence-corrected chi connectivity index (χ3v) is 2.48. The molecule has 1 atom stereocenters. The summed E-state index contributed by atoms with van der Waals surface area (Å²) < 4.78 is 0. The van der Waals surface area contributed by atoms with E-state index in [1.54, 1.807) is 0 Å². The molecule has 72 valence electrons. The molecule has 1 rings (SSSR count). The molecule has 0 saturated carbocycles. The van der Waals surface area contributed by atoms with Crippen LogP contribution in [-0.4, -0.2) is 11.7 Å². The average molecular weight is 179 g/mol. The van der Waals surface area contributed by atoms with Crippen molar-refractivity contribution in [2.24, 2.45) is 5.73 Å². The summed E-state index contributed by atoms with van der Waals surface area (Å²) >= 11 is 0. The first kappa shape index (κ1) is 10.2. The number of benzene rings is 1. The van der Waals surface area contributed by atoms with E-state index >= 15 is 0 Å². The maximum absolute atomic E-state index is 8.95. The molecule has 0 aliphatic carbocycles. The molecule has 0 amide bonds. The molecular weight excluding hydrogens is 162 g/mol. The van der Waals surface area contributed by atoms with Crippen LogP contribution >= 0.6 is 0 Å². The smallest absolute Gasteiger partial charge is 0.0624 e. The molecule has 3 N–H and O–H groups in total. The normalized spacial score (nSPS) is 13.0. The van der Waals surface area contributed by atoms with Crippen LogP contribution in [0.1, 0.15) is 28.3 Å². The van der Waals surface area contributed by atoms with Gasteiger partial charge in [0.25, 0.3) is 0 Å². The summed E-state index contributed by atoms with van der Waals surface area (Å²) in [6.07, 6.45) is 0. The third kappa shape index (κ3) is 2.08. The van der Waals surface area contributed by atoms with Crippen LogP contribution in [0.25, 0.3) is 0 Å². The lowest BCUT2D eigenvalue weighted by Gasteiger charge is -2.14. The molecule has 0 aromatic heterocycles. The van der Waals surface area contributed by atoms with E-state index in [4.69, 9.17) is 10.8 Å². The van der Waals surface area contributed by atoms with Gasteiger partial charge in [-0.2, -0.15) is 0 Å². The van der Waals surface area contributed by atoms with Crippen LogP contribution in [0.5, 0.6) is 0 Å². The third-order valence-electron chi connectivity index (χ3n) is 2.48. The van der Waals surface area contributed by atoms with Crippen molar-refractivity contribution >= 4 is 0 Å². The van der Waals surface area contributed by atoms with Crippen molar-refractivity contribution in [3.8, 4) is 0 Å². The standard InChI is InChI=1S/C11H17NO/c1-7-4-9(3)10(5-8(7)2)11(12)6-13/h4-5,11,13H,6,12H2,1-3H3. The molecule has 13 heavy (non-hydrogen) atoms. The first-order valence-corrected chi connectivity index (χ1v) is 4.50. The minimum absolute atomic E-state index is 0.00331. The highest BCUT2D eigenvalue weighted by Gasteiger charge is 2.08. The van der Waals surface area contributed by atoms with Crippen LogP contribution in [0.4, 0.5) is 0 Å². The number of rotatable bonds is 2. The van der Waals surface area contributed by atoms with Crippen molar-refractivity contribution in [2.75, 3.05) is 6.61 Å². The second-order valence-corrected chi connectivity index (χ2v) is 3.58. The van der Waals surface area contributed by atoms with E-state index in [1.165, 1.54) is 11.1 Å². The number of hydrogen-bond acceptors (Lipinski definition) is 2. The van der Waals surface area contributed by atoms with Gasteiger partial charge in [0.1, 0.15) is 0 Å². The van der Waals surface area contributed by atoms with E-state index < -0.39 is 0 Å². The van der Waals surface area contributed by atoms with Crippen LogP contribution in [0.15, 0.2) is 12.1 Å². The van der Waals surface area contributed by atoms with Gasteiger partial charge in [-0.25, -0.2) is 0 Å². The van der Waals surface area contributed by atoms with Gasteiger partial charge in [-0.15, -0.1) is 0 Å². The van der Waals surface area contributed by atoms with Gasteiger partial charge in [-0.05, 0) is 43.0 Å². The van der Waals surface area contributed by atoms with Crippen LogP contribution in [0, 0.1) is 20.8 Å². The first-order valence-electron chi connectivity index (χ1n) is 4.50. The van der Waals surface area contributed by atoms with E-state index in [9.17, 15) is 0 Å². The summed E-state index contributed by atoms with van der Waals surface area (Å²) in [6, 6.07) is 3.92. The zero-order valence-corrected chi connectivity index (χ0v) is 8.46.